The molecule has 0 unspecified atom stereocenters. The first-order chi connectivity index (χ1) is 16.5. The van der Waals surface area contributed by atoms with E-state index < -0.39 is 28.5 Å². The van der Waals surface area contributed by atoms with E-state index in [0.29, 0.717) is 18.0 Å². The van der Waals surface area contributed by atoms with Crippen LogP contribution in [-0.4, -0.2) is 64.7 Å². The number of sulfonamides is 1. The van der Waals surface area contributed by atoms with Gasteiger partial charge in [-0.05, 0) is 43.2 Å². The highest BCUT2D eigenvalue weighted by Gasteiger charge is 2.30. The minimum Gasteiger partial charge on any atom is -0.493 e. The molecule has 1 atom stereocenters. The minimum absolute atomic E-state index is 0.128. The van der Waals surface area contributed by atoms with Gasteiger partial charge in [0.15, 0.2) is 11.5 Å². The van der Waals surface area contributed by atoms with Crippen LogP contribution in [0.25, 0.3) is 0 Å². The Hall–Kier alpha value is -2.79. The first-order valence-corrected chi connectivity index (χ1v) is 13.7. The van der Waals surface area contributed by atoms with E-state index in [0.717, 1.165) is 27.0 Å². The Labute approximate surface area is 215 Å². The normalized spacial score (nSPS) is 11.9. The van der Waals surface area contributed by atoms with E-state index in [-0.39, 0.29) is 18.1 Å². The first kappa shape index (κ1) is 28.4. The van der Waals surface area contributed by atoms with Crippen molar-refractivity contribution in [3.8, 4) is 11.5 Å². The molecule has 2 aromatic carbocycles. The van der Waals surface area contributed by atoms with Crippen molar-refractivity contribution in [1.29, 1.82) is 0 Å². The average molecular weight is 571 g/mol. The molecule has 2 aromatic rings. The molecule has 0 spiro atoms. The molecular formula is C24H32BrN3O6S. The molecule has 0 aromatic heterocycles. The third-order valence-electron chi connectivity index (χ3n) is 5.29. The van der Waals surface area contributed by atoms with Gasteiger partial charge in [-0.1, -0.05) is 35.0 Å². The number of methoxy groups -OCH3 is 2. The lowest BCUT2D eigenvalue weighted by molar-refractivity contribution is -0.139. The molecule has 192 valence electrons. The number of hydrogen-bond acceptors (Lipinski definition) is 6. The fourth-order valence-corrected chi connectivity index (χ4v) is 4.69. The number of benzene rings is 2. The third kappa shape index (κ3) is 7.86. The quantitative estimate of drug-likeness (QED) is 0.421. The van der Waals surface area contributed by atoms with Gasteiger partial charge in [-0.3, -0.25) is 13.9 Å². The molecular weight excluding hydrogens is 538 g/mol. The predicted octanol–water partition coefficient (Wildman–Crippen LogP) is 3.18. The first-order valence-electron chi connectivity index (χ1n) is 11.0. The number of amides is 2. The zero-order chi connectivity index (χ0) is 26.2. The van der Waals surface area contributed by atoms with Crippen molar-refractivity contribution >= 4 is 43.5 Å². The van der Waals surface area contributed by atoms with Gasteiger partial charge in [-0.15, -0.1) is 0 Å². The zero-order valence-corrected chi connectivity index (χ0v) is 23.0. The Balaban J connectivity index is 2.42. The molecule has 0 aliphatic heterocycles. The standard InChI is InChI=1S/C24H32BrN3O6S/c1-6-12-26-24(30)17(2)27(15-18-8-7-9-19(25)13-18)23(29)16-28(35(5,31)32)20-10-11-21(33-3)22(14-20)34-4/h7-11,13-14,17H,6,12,15-16H2,1-5H3,(H,26,30)/t17-/m1/s1. The fourth-order valence-electron chi connectivity index (χ4n) is 3.40. The van der Waals surface area contributed by atoms with Crippen molar-refractivity contribution in [2.24, 2.45) is 0 Å². The lowest BCUT2D eigenvalue weighted by atomic mass is 10.1. The molecule has 11 heteroatoms. The molecule has 0 radical (unpaired) electrons. The van der Waals surface area contributed by atoms with Crippen molar-refractivity contribution < 1.29 is 27.5 Å². The minimum atomic E-state index is -3.85. The lowest BCUT2D eigenvalue weighted by Gasteiger charge is -2.31. The van der Waals surface area contributed by atoms with Gasteiger partial charge in [0.1, 0.15) is 12.6 Å². The van der Waals surface area contributed by atoms with Crippen LogP contribution < -0.4 is 19.1 Å². The zero-order valence-electron chi connectivity index (χ0n) is 20.6. The van der Waals surface area contributed by atoms with Gasteiger partial charge < -0.3 is 19.7 Å². The molecule has 0 fully saturated rings. The largest absolute Gasteiger partial charge is 0.493 e. The fraction of sp³-hybridized carbons (Fsp3) is 0.417. The number of anilines is 1. The van der Waals surface area contributed by atoms with E-state index >= 15 is 0 Å². The number of nitrogens with zero attached hydrogens (tertiary/aromatic N) is 2. The van der Waals surface area contributed by atoms with Gasteiger partial charge in [0, 0.05) is 23.6 Å². The summed E-state index contributed by atoms with van der Waals surface area (Å²) in [6.07, 6.45) is 1.77. The third-order valence-corrected chi connectivity index (χ3v) is 6.93. The van der Waals surface area contributed by atoms with E-state index in [4.69, 9.17) is 9.47 Å². The van der Waals surface area contributed by atoms with Crippen LogP contribution >= 0.6 is 15.9 Å². The Morgan fingerprint density at radius 1 is 1.09 bits per heavy atom. The number of carbonyl (C=O) groups excluding carboxylic acids is 2. The van der Waals surface area contributed by atoms with Gasteiger partial charge >= 0.3 is 0 Å². The Bertz CT molecular complexity index is 1140. The maximum absolute atomic E-state index is 13.5. The van der Waals surface area contributed by atoms with Crippen LogP contribution in [0.4, 0.5) is 5.69 Å². The number of carbonyl (C=O) groups is 2. The molecule has 1 N–H and O–H groups in total. The van der Waals surface area contributed by atoms with Gasteiger partial charge in [0.25, 0.3) is 0 Å². The lowest BCUT2D eigenvalue weighted by Crippen LogP contribution is -2.51. The summed E-state index contributed by atoms with van der Waals surface area (Å²) in [6, 6.07) is 11.1. The summed E-state index contributed by atoms with van der Waals surface area (Å²) in [6.45, 7) is 3.67. The van der Waals surface area contributed by atoms with Crippen LogP contribution in [0, 0.1) is 0 Å². The molecule has 2 amide bonds. The van der Waals surface area contributed by atoms with Crippen LogP contribution in [0.1, 0.15) is 25.8 Å². The van der Waals surface area contributed by atoms with E-state index in [1.807, 2.05) is 31.2 Å². The highest BCUT2D eigenvalue weighted by Crippen LogP contribution is 2.32. The van der Waals surface area contributed by atoms with Crippen molar-refractivity contribution in [3.63, 3.8) is 0 Å². The van der Waals surface area contributed by atoms with E-state index in [1.165, 1.54) is 31.3 Å². The number of halogens is 1. The SMILES string of the molecule is CCCNC(=O)[C@@H](C)N(Cc1cccc(Br)c1)C(=O)CN(c1ccc(OC)c(OC)c1)S(C)(=O)=O. The van der Waals surface area contributed by atoms with E-state index in [9.17, 15) is 18.0 Å². The summed E-state index contributed by atoms with van der Waals surface area (Å²) in [5, 5.41) is 2.80. The van der Waals surface area contributed by atoms with Gasteiger partial charge in [0.2, 0.25) is 21.8 Å². The summed E-state index contributed by atoms with van der Waals surface area (Å²) in [4.78, 5) is 27.6. The number of hydrogen-bond donors (Lipinski definition) is 1. The Kier molecular flexibility index (Phi) is 10.4. The molecule has 0 aliphatic rings. The van der Waals surface area contributed by atoms with Gasteiger partial charge in [0.05, 0.1) is 26.2 Å². The second kappa shape index (κ2) is 12.8. The molecule has 9 nitrogen and oxygen atoms in total. The van der Waals surface area contributed by atoms with Gasteiger partial charge in [-0.2, -0.15) is 0 Å². The topological polar surface area (TPSA) is 105 Å². The smallest absolute Gasteiger partial charge is 0.244 e. The Morgan fingerprint density at radius 2 is 1.77 bits per heavy atom. The van der Waals surface area contributed by atoms with Crippen molar-refractivity contribution in [1.82, 2.24) is 10.2 Å². The van der Waals surface area contributed by atoms with Crippen LogP contribution in [0.15, 0.2) is 46.9 Å². The summed E-state index contributed by atoms with van der Waals surface area (Å²) in [5.41, 5.74) is 1.03. The average Bonchev–Trinajstić information content (AvgIpc) is 2.82. The van der Waals surface area contributed by atoms with E-state index in [2.05, 4.69) is 21.2 Å². The van der Waals surface area contributed by atoms with E-state index in [1.54, 1.807) is 13.0 Å². The predicted molar refractivity (Wildman–Crippen MR) is 139 cm³/mol. The molecule has 2 rings (SSSR count). The second-order valence-electron chi connectivity index (χ2n) is 7.93. The van der Waals surface area contributed by atoms with Crippen molar-refractivity contribution in [3.05, 3.63) is 52.5 Å². The molecule has 0 heterocycles. The van der Waals surface area contributed by atoms with Crippen molar-refractivity contribution in [2.45, 2.75) is 32.9 Å². The Morgan fingerprint density at radius 3 is 2.34 bits per heavy atom. The molecule has 35 heavy (non-hydrogen) atoms. The molecule has 0 saturated carbocycles. The van der Waals surface area contributed by atoms with Crippen LogP contribution in [0.2, 0.25) is 0 Å². The number of nitrogens with one attached hydrogen (secondary N) is 1. The van der Waals surface area contributed by atoms with Crippen LogP contribution in [0.5, 0.6) is 11.5 Å². The summed E-state index contributed by atoms with van der Waals surface area (Å²) >= 11 is 3.42. The molecule has 0 aliphatic carbocycles. The second-order valence-corrected chi connectivity index (χ2v) is 10.7. The number of rotatable bonds is 12. The molecule has 0 bridgehead atoms. The highest BCUT2D eigenvalue weighted by atomic mass is 79.9. The summed E-state index contributed by atoms with van der Waals surface area (Å²) < 4.78 is 37.7. The maximum Gasteiger partial charge on any atom is 0.244 e. The number of ether oxygens (including phenoxy) is 2. The van der Waals surface area contributed by atoms with Crippen LogP contribution in [0.3, 0.4) is 0 Å². The van der Waals surface area contributed by atoms with Crippen molar-refractivity contribution in [2.75, 3.05) is 37.9 Å². The monoisotopic (exact) mass is 569 g/mol. The van der Waals surface area contributed by atoms with Gasteiger partial charge in [-0.25, -0.2) is 8.42 Å². The highest BCUT2D eigenvalue weighted by molar-refractivity contribution is 9.10. The molecule has 0 saturated heterocycles. The van der Waals surface area contributed by atoms with Crippen LogP contribution in [-0.2, 0) is 26.2 Å². The summed E-state index contributed by atoms with van der Waals surface area (Å²) in [5.74, 6) is -0.0884. The maximum atomic E-state index is 13.5. The summed E-state index contributed by atoms with van der Waals surface area (Å²) in [7, 11) is -0.939.